The van der Waals surface area contributed by atoms with Gasteiger partial charge in [0.1, 0.15) is 0 Å². The van der Waals surface area contributed by atoms with E-state index in [1.54, 1.807) is 7.05 Å². The summed E-state index contributed by atoms with van der Waals surface area (Å²) in [5.74, 6) is 0.178. The quantitative estimate of drug-likeness (QED) is 0.290. The van der Waals surface area contributed by atoms with Gasteiger partial charge in [-0.15, -0.1) is 0 Å². The van der Waals surface area contributed by atoms with E-state index in [2.05, 4.69) is 48.1 Å². The Morgan fingerprint density at radius 3 is 3.12 bits per heavy atom. The van der Waals surface area contributed by atoms with E-state index in [-0.39, 0.29) is 29.2 Å². The molecule has 0 aliphatic heterocycles. The predicted octanol–water partition coefficient (Wildman–Crippen LogP) is 2.08. The summed E-state index contributed by atoms with van der Waals surface area (Å²) in [5.41, 5.74) is 4.71. The molecule has 0 fully saturated rings. The number of amidine groups is 1. The van der Waals surface area contributed by atoms with Crippen LogP contribution in [0.3, 0.4) is 0 Å². The first-order chi connectivity index (χ1) is 12.1. The minimum absolute atomic E-state index is 0.101. The molecule has 8 nitrogen and oxygen atoms in total. The number of hydroxylamine groups is 1. The van der Waals surface area contributed by atoms with E-state index in [9.17, 15) is 10.0 Å². The summed E-state index contributed by atoms with van der Waals surface area (Å²) in [6.45, 7) is 0. The molecule has 0 spiro atoms. The van der Waals surface area contributed by atoms with E-state index < -0.39 is 0 Å². The average Bonchev–Trinajstić information content (AvgIpc) is 3.24. The van der Waals surface area contributed by atoms with Crippen LogP contribution in [0.25, 0.3) is 0 Å². The molecule has 1 unspecified atom stereocenters. The largest absolute Gasteiger partial charge is 0.358 e. The van der Waals surface area contributed by atoms with E-state index in [1.165, 1.54) is 5.56 Å². The number of aryl methyl sites for hydroxylation is 1. The van der Waals surface area contributed by atoms with Gasteiger partial charge in [-0.1, -0.05) is 33.8 Å². The molecule has 3 N–H and O–H groups in total. The maximum absolute atomic E-state index is 11.4. The van der Waals surface area contributed by atoms with Crippen molar-refractivity contribution in [2.75, 3.05) is 12.8 Å². The van der Waals surface area contributed by atoms with Gasteiger partial charge in [0.2, 0.25) is 5.91 Å². The van der Waals surface area contributed by atoms with Gasteiger partial charge in [0.25, 0.3) is 0 Å². The summed E-state index contributed by atoms with van der Waals surface area (Å²) in [6, 6.07) is 6.01. The van der Waals surface area contributed by atoms with Crippen LogP contribution in [0.2, 0.25) is 0 Å². The van der Waals surface area contributed by atoms with E-state index in [0.717, 1.165) is 34.6 Å². The molecule has 1 atom stereocenters. The van der Waals surface area contributed by atoms with Crippen molar-refractivity contribution in [1.82, 2.24) is 21.1 Å². The zero-order valence-electron chi connectivity index (χ0n) is 13.3. The lowest BCUT2D eigenvalue weighted by molar-refractivity contribution is -0.118. The molecule has 1 aliphatic rings. The van der Waals surface area contributed by atoms with E-state index >= 15 is 0 Å². The van der Waals surface area contributed by atoms with Gasteiger partial charge in [-0.3, -0.25) is 20.5 Å². The number of carbonyl (C=O) groups is 1. The zero-order chi connectivity index (χ0) is 17.8. The van der Waals surface area contributed by atoms with Crippen LogP contribution in [0.4, 0.5) is 0 Å². The Kier molecular flexibility index (Phi) is 5.71. The summed E-state index contributed by atoms with van der Waals surface area (Å²) < 4.78 is 5.74. The van der Waals surface area contributed by atoms with Crippen molar-refractivity contribution in [2.24, 2.45) is 4.99 Å². The Morgan fingerprint density at radius 2 is 2.36 bits per heavy atom. The maximum Gasteiger partial charge on any atom is 0.230 e. The molecule has 25 heavy (non-hydrogen) atoms. The second-order valence-electron chi connectivity index (χ2n) is 5.37. The predicted molar refractivity (Wildman–Crippen MR) is 95.8 cm³/mol. The summed E-state index contributed by atoms with van der Waals surface area (Å²) >= 11 is 4.63. The summed E-state index contributed by atoms with van der Waals surface area (Å²) in [6.07, 6.45) is 1.76. The topological polar surface area (TPSA) is 113 Å². The second-order valence-corrected chi connectivity index (χ2v) is 7.25. The summed E-state index contributed by atoms with van der Waals surface area (Å²) in [7, 11) is 1.56. The minimum atomic E-state index is -0.149. The van der Waals surface area contributed by atoms with Crippen LogP contribution in [-0.4, -0.2) is 40.1 Å². The SMILES string of the molecule is CNC(=O)CSc1nonc1C(=NC1CCc2ccc(Br)cc21)NO. The van der Waals surface area contributed by atoms with Gasteiger partial charge in [-0.25, -0.2) is 4.63 Å². The molecule has 1 aromatic carbocycles. The number of aliphatic imine (C=N–C) groups is 1. The Labute approximate surface area is 156 Å². The van der Waals surface area contributed by atoms with E-state index in [4.69, 9.17) is 4.63 Å². The van der Waals surface area contributed by atoms with Gasteiger partial charge < -0.3 is 5.32 Å². The summed E-state index contributed by atoms with van der Waals surface area (Å²) in [4.78, 5) is 16.0. The van der Waals surface area contributed by atoms with Crippen LogP contribution in [-0.2, 0) is 11.2 Å². The van der Waals surface area contributed by atoms with Gasteiger partial charge in [0.15, 0.2) is 16.6 Å². The van der Waals surface area contributed by atoms with Crippen molar-refractivity contribution in [2.45, 2.75) is 23.9 Å². The van der Waals surface area contributed by atoms with Crippen LogP contribution in [0, 0.1) is 0 Å². The number of amides is 1. The third kappa shape index (κ3) is 4.02. The van der Waals surface area contributed by atoms with Crippen LogP contribution >= 0.6 is 27.7 Å². The van der Waals surface area contributed by atoms with Crippen LogP contribution in [0.15, 0.2) is 37.3 Å². The molecule has 3 rings (SSSR count). The number of nitrogens with one attached hydrogen (secondary N) is 2. The normalized spacial score (nSPS) is 16.6. The number of fused-ring (bicyclic) bond motifs is 1. The Balaban J connectivity index is 1.85. The number of hydrogen-bond acceptors (Lipinski definition) is 7. The van der Waals surface area contributed by atoms with Crippen LogP contribution in [0.5, 0.6) is 0 Å². The monoisotopic (exact) mass is 425 g/mol. The number of rotatable bonds is 5. The third-order valence-electron chi connectivity index (χ3n) is 3.85. The fraction of sp³-hybridized carbons (Fsp3) is 0.333. The lowest BCUT2D eigenvalue weighted by Crippen LogP contribution is -2.23. The highest BCUT2D eigenvalue weighted by molar-refractivity contribution is 9.10. The summed E-state index contributed by atoms with van der Waals surface area (Å²) in [5, 5.41) is 20.0. The van der Waals surface area contributed by atoms with Crippen molar-refractivity contribution in [3.63, 3.8) is 0 Å². The molecule has 132 valence electrons. The molecule has 2 aromatic rings. The van der Waals surface area contributed by atoms with Crippen molar-refractivity contribution in [1.29, 1.82) is 0 Å². The second kappa shape index (κ2) is 7.98. The van der Waals surface area contributed by atoms with Gasteiger partial charge >= 0.3 is 0 Å². The lowest BCUT2D eigenvalue weighted by atomic mass is 10.1. The first-order valence-electron chi connectivity index (χ1n) is 7.55. The first kappa shape index (κ1) is 17.9. The van der Waals surface area contributed by atoms with Crippen molar-refractivity contribution in [3.05, 3.63) is 39.5 Å². The first-order valence-corrected chi connectivity index (χ1v) is 9.32. The number of aromatic nitrogens is 2. The average molecular weight is 426 g/mol. The Morgan fingerprint density at radius 1 is 1.52 bits per heavy atom. The molecular weight excluding hydrogens is 410 g/mol. The molecule has 1 aromatic heterocycles. The molecule has 1 heterocycles. The minimum Gasteiger partial charge on any atom is -0.358 e. The third-order valence-corrected chi connectivity index (χ3v) is 5.29. The van der Waals surface area contributed by atoms with E-state index in [0.29, 0.717) is 5.03 Å². The highest BCUT2D eigenvalue weighted by Crippen LogP contribution is 2.36. The van der Waals surface area contributed by atoms with Crippen LogP contribution in [0.1, 0.15) is 29.3 Å². The highest BCUT2D eigenvalue weighted by Gasteiger charge is 2.25. The highest BCUT2D eigenvalue weighted by atomic mass is 79.9. The van der Waals surface area contributed by atoms with E-state index in [1.807, 2.05) is 12.1 Å². The van der Waals surface area contributed by atoms with Crippen molar-refractivity contribution < 1.29 is 14.6 Å². The van der Waals surface area contributed by atoms with Gasteiger partial charge in [-0.2, -0.15) is 0 Å². The molecule has 1 aliphatic carbocycles. The number of benzene rings is 1. The number of halogens is 1. The molecular formula is C15H16BrN5O3S. The van der Waals surface area contributed by atoms with Crippen molar-refractivity contribution in [3.8, 4) is 0 Å². The fourth-order valence-corrected chi connectivity index (χ4v) is 3.76. The van der Waals surface area contributed by atoms with Gasteiger partial charge in [0.05, 0.1) is 11.8 Å². The smallest absolute Gasteiger partial charge is 0.230 e. The van der Waals surface area contributed by atoms with Gasteiger partial charge in [0, 0.05) is 11.5 Å². The zero-order valence-corrected chi connectivity index (χ0v) is 15.7. The maximum atomic E-state index is 11.4. The molecule has 10 heteroatoms. The Bertz CT molecular complexity index is 810. The van der Waals surface area contributed by atoms with Crippen molar-refractivity contribution >= 4 is 39.4 Å². The molecule has 1 amide bonds. The number of nitrogens with zero attached hydrogens (tertiary/aromatic N) is 3. The molecule has 0 saturated carbocycles. The van der Waals surface area contributed by atoms with Gasteiger partial charge in [-0.05, 0) is 46.4 Å². The van der Waals surface area contributed by atoms with Crippen LogP contribution < -0.4 is 10.8 Å². The Hall–Kier alpha value is -1.91. The molecule has 0 saturated heterocycles. The number of hydrogen-bond donors (Lipinski definition) is 3. The lowest BCUT2D eigenvalue weighted by Gasteiger charge is -2.09. The number of thioether (sulfide) groups is 1. The molecule has 0 bridgehead atoms. The standard InChI is InChI=1S/C15H16BrN5O3S/c1-17-12(22)7-25-15-13(20-24-21-15)14(19-23)18-11-5-3-8-2-4-9(16)6-10(8)11/h2,4,6,11,23H,3,5,7H2,1H3,(H,17,22)(H,18,19). The number of carbonyl (C=O) groups excluding carboxylic acids is 1. The fourth-order valence-electron chi connectivity index (χ4n) is 2.61. The molecule has 0 radical (unpaired) electrons.